The van der Waals surface area contributed by atoms with Crippen LogP contribution in [0.5, 0.6) is 0 Å². The number of H-pyrrole nitrogens is 2. The molecule has 0 amide bonds. The Bertz CT molecular complexity index is 996. The van der Waals surface area contributed by atoms with Gasteiger partial charge in [-0.15, -0.1) is 0 Å². The second kappa shape index (κ2) is 7.36. The summed E-state index contributed by atoms with van der Waals surface area (Å²) in [6, 6.07) is 16.4. The van der Waals surface area contributed by atoms with E-state index in [-0.39, 0.29) is 30.4 Å². The zero-order chi connectivity index (χ0) is 15.9. The van der Waals surface area contributed by atoms with Gasteiger partial charge in [0.25, 0.3) is 0 Å². The summed E-state index contributed by atoms with van der Waals surface area (Å²) in [5, 5.41) is 0. The molecular formula is C20H18N4SiZn. The average molecular weight is 408 g/mol. The van der Waals surface area contributed by atoms with Gasteiger partial charge >= 0.3 is 0 Å². The zero-order valence-electron chi connectivity index (χ0n) is 13.5. The molecule has 0 radical (unpaired) electrons. The fourth-order valence-electron chi connectivity index (χ4n) is 2.94. The van der Waals surface area contributed by atoms with Crippen molar-refractivity contribution in [3.63, 3.8) is 0 Å². The average Bonchev–Trinajstić information content (AvgIpc) is 3.32. The predicted octanol–water partition coefficient (Wildman–Crippen LogP) is 3.20. The van der Waals surface area contributed by atoms with E-state index in [1.54, 1.807) is 0 Å². The molecule has 0 aliphatic carbocycles. The number of aromatic nitrogens is 4. The Kier molecular flexibility index (Phi) is 5.16. The molecule has 2 N–H and O–H groups in total. The van der Waals surface area contributed by atoms with Crippen LogP contribution in [-0.4, -0.2) is 30.9 Å². The molecule has 124 valence electrons. The van der Waals surface area contributed by atoms with E-state index in [1.807, 2.05) is 48.6 Å². The monoisotopic (exact) mass is 406 g/mol. The smallest absolute Gasteiger partial charge is 0.0658 e. The Labute approximate surface area is 167 Å². The van der Waals surface area contributed by atoms with Gasteiger partial charge in [-0.3, -0.25) is 0 Å². The van der Waals surface area contributed by atoms with Crippen molar-refractivity contribution in [2.75, 3.05) is 0 Å². The molecule has 4 nitrogen and oxygen atoms in total. The SMILES string of the molecule is C1=Cc2cc3ccc(cc4nc(cc5ccc(cc1n2)[nH]5)C=C4)[nH]3.[SiH4].[Zn]. The minimum absolute atomic E-state index is 0. The van der Waals surface area contributed by atoms with Gasteiger partial charge < -0.3 is 9.97 Å². The number of hydrogen-bond acceptors (Lipinski definition) is 2. The number of aromatic amines is 2. The normalized spacial score (nSPS) is 11.7. The molecule has 8 bridgehead atoms. The second-order valence-corrected chi connectivity index (χ2v) is 5.91. The first-order valence-corrected chi connectivity index (χ1v) is 7.85. The van der Waals surface area contributed by atoms with Crippen molar-refractivity contribution in [3.05, 3.63) is 71.3 Å². The van der Waals surface area contributed by atoms with Gasteiger partial charge in [-0.05, 0) is 83.8 Å². The Balaban J connectivity index is 0.000000980. The molecule has 2 aliphatic rings. The summed E-state index contributed by atoms with van der Waals surface area (Å²) < 4.78 is 0. The Morgan fingerprint density at radius 1 is 0.500 bits per heavy atom. The second-order valence-electron chi connectivity index (χ2n) is 5.91. The minimum Gasteiger partial charge on any atom is -0.355 e. The topological polar surface area (TPSA) is 57.4 Å². The first-order chi connectivity index (χ1) is 11.8. The van der Waals surface area contributed by atoms with E-state index < -0.39 is 0 Å². The number of nitrogens with one attached hydrogen (secondary N) is 2. The van der Waals surface area contributed by atoms with Crippen molar-refractivity contribution in [3.8, 4) is 0 Å². The molecule has 26 heavy (non-hydrogen) atoms. The molecule has 6 heteroatoms. The summed E-state index contributed by atoms with van der Waals surface area (Å²) in [7, 11) is 0. The molecule has 5 rings (SSSR count). The zero-order valence-corrected chi connectivity index (χ0v) is 16.5. The maximum Gasteiger partial charge on any atom is 0.0658 e. The van der Waals surface area contributed by atoms with Crippen molar-refractivity contribution in [2.45, 2.75) is 0 Å². The molecule has 0 aromatic carbocycles. The quantitative estimate of drug-likeness (QED) is 0.387. The van der Waals surface area contributed by atoms with Crippen LogP contribution in [0.4, 0.5) is 0 Å². The summed E-state index contributed by atoms with van der Waals surface area (Å²) in [6.07, 6.45) is 8.09. The summed E-state index contributed by atoms with van der Waals surface area (Å²) in [5.74, 6) is 0. The Morgan fingerprint density at radius 3 is 1.04 bits per heavy atom. The van der Waals surface area contributed by atoms with Crippen LogP contribution >= 0.6 is 0 Å². The molecule has 0 spiro atoms. The number of nitrogens with zero attached hydrogens (tertiary/aromatic N) is 2. The molecule has 0 atom stereocenters. The molecule has 3 aromatic heterocycles. The molecular weight excluding hydrogens is 390 g/mol. The van der Waals surface area contributed by atoms with Gasteiger partial charge in [0.1, 0.15) is 0 Å². The van der Waals surface area contributed by atoms with Gasteiger partial charge in [0.05, 0.1) is 22.8 Å². The van der Waals surface area contributed by atoms with E-state index in [0.717, 1.165) is 44.8 Å². The molecule has 0 saturated heterocycles. The Hall–Kier alpha value is -2.56. The maximum absolute atomic E-state index is 4.63. The van der Waals surface area contributed by atoms with Crippen LogP contribution in [0.3, 0.4) is 0 Å². The van der Waals surface area contributed by atoms with Crippen molar-refractivity contribution in [1.82, 2.24) is 19.9 Å². The fraction of sp³-hybridized carbons (Fsp3) is 0. The summed E-state index contributed by atoms with van der Waals surface area (Å²) in [5.41, 5.74) is 7.86. The molecule has 0 fully saturated rings. The first kappa shape index (κ1) is 18.2. The molecule has 0 unspecified atom stereocenters. The number of fused-ring (bicyclic) bond motifs is 8. The maximum atomic E-state index is 4.63. The van der Waals surface area contributed by atoms with Crippen LogP contribution in [0.15, 0.2) is 48.5 Å². The van der Waals surface area contributed by atoms with E-state index in [0.29, 0.717) is 0 Å². The van der Waals surface area contributed by atoms with E-state index in [1.165, 1.54) is 0 Å². The molecule has 3 aromatic rings. The van der Waals surface area contributed by atoms with Crippen molar-refractivity contribution >= 4 is 57.3 Å². The van der Waals surface area contributed by atoms with Crippen LogP contribution in [0, 0.1) is 0 Å². The fourth-order valence-corrected chi connectivity index (χ4v) is 2.94. The van der Waals surface area contributed by atoms with Gasteiger partial charge in [-0.25, -0.2) is 9.97 Å². The van der Waals surface area contributed by atoms with Crippen LogP contribution < -0.4 is 0 Å². The van der Waals surface area contributed by atoms with Crippen LogP contribution in [-0.2, 0) is 19.5 Å². The summed E-state index contributed by atoms with van der Waals surface area (Å²) in [4.78, 5) is 16.0. The Morgan fingerprint density at radius 2 is 0.769 bits per heavy atom. The summed E-state index contributed by atoms with van der Waals surface area (Å²) in [6.45, 7) is 0. The molecule has 0 saturated carbocycles. The van der Waals surface area contributed by atoms with Crippen LogP contribution in [0.2, 0.25) is 0 Å². The third kappa shape index (κ3) is 3.66. The molecule has 5 heterocycles. The largest absolute Gasteiger partial charge is 0.355 e. The van der Waals surface area contributed by atoms with Gasteiger partial charge in [0.15, 0.2) is 0 Å². The van der Waals surface area contributed by atoms with Crippen molar-refractivity contribution < 1.29 is 19.5 Å². The van der Waals surface area contributed by atoms with E-state index in [4.69, 9.17) is 0 Å². The number of rotatable bonds is 0. The van der Waals surface area contributed by atoms with Crippen molar-refractivity contribution in [1.29, 1.82) is 0 Å². The minimum atomic E-state index is 0. The van der Waals surface area contributed by atoms with Gasteiger partial charge in [-0.2, -0.15) is 0 Å². The predicted molar refractivity (Wildman–Crippen MR) is 110 cm³/mol. The van der Waals surface area contributed by atoms with Gasteiger partial charge in [0.2, 0.25) is 0 Å². The third-order valence-corrected chi connectivity index (χ3v) is 4.04. The molecule has 2 aliphatic heterocycles. The number of hydrogen-bond donors (Lipinski definition) is 2. The third-order valence-electron chi connectivity index (χ3n) is 4.04. The van der Waals surface area contributed by atoms with Crippen LogP contribution in [0.25, 0.3) is 46.4 Å². The van der Waals surface area contributed by atoms with Crippen LogP contribution in [0.1, 0.15) is 22.8 Å². The summed E-state index contributed by atoms with van der Waals surface area (Å²) >= 11 is 0. The first-order valence-electron chi connectivity index (χ1n) is 7.85. The van der Waals surface area contributed by atoms with Crippen molar-refractivity contribution in [2.24, 2.45) is 0 Å². The van der Waals surface area contributed by atoms with E-state index in [9.17, 15) is 0 Å². The van der Waals surface area contributed by atoms with Gasteiger partial charge in [-0.1, -0.05) is 0 Å². The van der Waals surface area contributed by atoms with E-state index >= 15 is 0 Å². The van der Waals surface area contributed by atoms with Gasteiger partial charge in [0, 0.05) is 41.5 Å². The standard InChI is InChI=1S/C20H14N4.H4Si.Zn/c1-2-14-10-16-5-6-18(23-16)12-20-8-7-19(24-20)11-17-4-3-15(22-17)9-13(1)21-14;;/h1-12,21,24H;1H4;. The van der Waals surface area contributed by atoms with E-state index in [2.05, 4.69) is 44.2 Å².